The van der Waals surface area contributed by atoms with Gasteiger partial charge in [0, 0.05) is 11.3 Å². The average molecular weight is 249 g/mol. The molecule has 1 aromatic rings. The normalized spacial score (nSPS) is 11.5. The maximum absolute atomic E-state index is 12.3. The summed E-state index contributed by atoms with van der Waals surface area (Å²) >= 11 is 0. The van der Waals surface area contributed by atoms with Crippen molar-refractivity contribution in [1.82, 2.24) is 0 Å². The van der Waals surface area contributed by atoms with Gasteiger partial charge in [-0.25, -0.2) is 4.79 Å². The van der Waals surface area contributed by atoms with Crippen LogP contribution in [-0.4, -0.2) is 17.7 Å². The quantitative estimate of drug-likeness (QED) is 0.799. The minimum absolute atomic E-state index is 0.0785. The van der Waals surface area contributed by atoms with E-state index in [1.54, 1.807) is 0 Å². The summed E-state index contributed by atoms with van der Waals surface area (Å²) in [5, 5.41) is 8.31. The number of nitrogen functional groups attached to an aromatic ring is 1. The van der Waals surface area contributed by atoms with Gasteiger partial charge in [-0.15, -0.1) is 0 Å². The van der Waals surface area contributed by atoms with Crippen LogP contribution in [0.2, 0.25) is 0 Å². The molecule has 17 heavy (non-hydrogen) atoms. The molecule has 0 aliphatic rings. The molecule has 0 aromatic heterocycles. The molecule has 0 amide bonds. The van der Waals surface area contributed by atoms with Gasteiger partial charge >= 0.3 is 12.1 Å². The highest BCUT2D eigenvalue weighted by atomic mass is 19.4. The highest BCUT2D eigenvalue weighted by Gasteiger charge is 2.30. The Kier molecular flexibility index (Phi) is 3.95. The molecule has 0 spiro atoms. The molecule has 3 N–H and O–H groups in total. The molecule has 0 unspecified atom stereocenters. The highest BCUT2D eigenvalue weighted by Crippen LogP contribution is 2.31. The van der Waals surface area contributed by atoms with E-state index in [0.717, 1.165) is 12.1 Å². The second kappa shape index (κ2) is 5.05. The number of aliphatic carboxylic acids is 1. The van der Waals surface area contributed by atoms with Crippen LogP contribution in [0, 0.1) is 0 Å². The van der Waals surface area contributed by atoms with Crippen molar-refractivity contribution in [1.29, 1.82) is 0 Å². The molecule has 0 aliphatic carbocycles. The SMILES string of the molecule is Nc1cc(C(F)(F)F)ccc1COCC(=O)O. The number of hydrogen-bond donors (Lipinski definition) is 2. The van der Waals surface area contributed by atoms with Gasteiger partial charge < -0.3 is 15.6 Å². The van der Waals surface area contributed by atoms with Crippen LogP contribution in [0.1, 0.15) is 11.1 Å². The molecule has 4 nitrogen and oxygen atoms in total. The van der Waals surface area contributed by atoms with Gasteiger partial charge in [0.25, 0.3) is 0 Å². The highest BCUT2D eigenvalue weighted by molar-refractivity contribution is 5.68. The fourth-order valence-corrected chi connectivity index (χ4v) is 1.15. The van der Waals surface area contributed by atoms with E-state index in [9.17, 15) is 18.0 Å². The van der Waals surface area contributed by atoms with E-state index in [1.165, 1.54) is 6.07 Å². The number of anilines is 1. The van der Waals surface area contributed by atoms with Crippen LogP contribution >= 0.6 is 0 Å². The molecule has 0 atom stereocenters. The smallest absolute Gasteiger partial charge is 0.416 e. The van der Waals surface area contributed by atoms with Crippen LogP contribution in [0.3, 0.4) is 0 Å². The number of rotatable bonds is 4. The van der Waals surface area contributed by atoms with E-state index in [1.807, 2.05) is 0 Å². The summed E-state index contributed by atoms with van der Waals surface area (Å²) in [5.74, 6) is -1.16. The fraction of sp³-hybridized carbons (Fsp3) is 0.300. The maximum Gasteiger partial charge on any atom is 0.416 e. The Morgan fingerprint density at radius 2 is 2.06 bits per heavy atom. The summed E-state index contributed by atoms with van der Waals surface area (Å²) in [5.41, 5.74) is 4.80. The second-order valence-corrected chi connectivity index (χ2v) is 3.30. The van der Waals surface area contributed by atoms with Crippen LogP contribution < -0.4 is 5.73 Å². The number of halogens is 3. The van der Waals surface area contributed by atoms with Gasteiger partial charge in [0.05, 0.1) is 12.2 Å². The predicted octanol–water partition coefficient (Wildman–Crippen LogP) is 1.89. The number of hydrogen-bond acceptors (Lipinski definition) is 3. The Hall–Kier alpha value is -1.76. The van der Waals surface area contributed by atoms with Crippen molar-refractivity contribution >= 4 is 11.7 Å². The van der Waals surface area contributed by atoms with Crippen LogP contribution in [0.4, 0.5) is 18.9 Å². The Bertz CT molecular complexity index is 418. The van der Waals surface area contributed by atoms with Gasteiger partial charge in [-0.3, -0.25) is 0 Å². The van der Waals surface area contributed by atoms with Crippen molar-refractivity contribution in [3.05, 3.63) is 29.3 Å². The first-order chi connectivity index (χ1) is 7.80. The zero-order valence-electron chi connectivity index (χ0n) is 8.62. The van der Waals surface area contributed by atoms with Crippen LogP contribution in [0.5, 0.6) is 0 Å². The van der Waals surface area contributed by atoms with Crippen molar-refractivity contribution in [3.63, 3.8) is 0 Å². The van der Waals surface area contributed by atoms with Gasteiger partial charge in [0.2, 0.25) is 0 Å². The minimum Gasteiger partial charge on any atom is -0.480 e. The zero-order chi connectivity index (χ0) is 13.1. The van der Waals surface area contributed by atoms with Crippen molar-refractivity contribution in [2.75, 3.05) is 12.3 Å². The molecule has 0 radical (unpaired) electrons. The van der Waals surface area contributed by atoms with Gasteiger partial charge in [-0.05, 0) is 12.1 Å². The Morgan fingerprint density at radius 1 is 1.41 bits per heavy atom. The third-order valence-corrected chi connectivity index (χ3v) is 1.96. The lowest BCUT2D eigenvalue weighted by molar-refractivity contribution is -0.142. The number of ether oxygens (including phenoxy) is 1. The third-order valence-electron chi connectivity index (χ3n) is 1.96. The summed E-state index contributed by atoms with van der Waals surface area (Å²) in [6.07, 6.45) is -4.45. The first-order valence-corrected chi connectivity index (χ1v) is 4.56. The number of benzene rings is 1. The van der Waals surface area contributed by atoms with Crippen molar-refractivity contribution in [3.8, 4) is 0 Å². The molecule has 7 heteroatoms. The van der Waals surface area contributed by atoms with Gasteiger partial charge in [-0.1, -0.05) is 6.07 Å². The van der Waals surface area contributed by atoms with Gasteiger partial charge in [0.15, 0.2) is 0 Å². The fourth-order valence-electron chi connectivity index (χ4n) is 1.15. The van der Waals surface area contributed by atoms with E-state index in [4.69, 9.17) is 15.6 Å². The van der Waals surface area contributed by atoms with Crippen molar-refractivity contribution < 1.29 is 27.8 Å². The van der Waals surface area contributed by atoms with Crippen molar-refractivity contribution in [2.24, 2.45) is 0 Å². The molecule has 1 rings (SSSR count). The number of nitrogens with two attached hydrogens (primary N) is 1. The van der Waals surface area contributed by atoms with E-state index >= 15 is 0 Å². The summed E-state index contributed by atoms with van der Waals surface area (Å²) in [6, 6.07) is 2.83. The number of carboxylic acids is 1. The largest absolute Gasteiger partial charge is 0.480 e. The first-order valence-electron chi connectivity index (χ1n) is 4.56. The predicted molar refractivity (Wildman–Crippen MR) is 53.1 cm³/mol. The van der Waals surface area contributed by atoms with E-state index < -0.39 is 24.3 Å². The van der Waals surface area contributed by atoms with Crippen LogP contribution in [0.15, 0.2) is 18.2 Å². The van der Waals surface area contributed by atoms with Gasteiger partial charge in [-0.2, -0.15) is 13.2 Å². The molecule has 0 fully saturated rings. The summed E-state index contributed by atoms with van der Waals surface area (Å²) < 4.78 is 41.6. The van der Waals surface area contributed by atoms with Crippen molar-refractivity contribution in [2.45, 2.75) is 12.8 Å². The molecule has 0 bridgehead atoms. The molecule has 94 valence electrons. The van der Waals surface area contributed by atoms with Crippen LogP contribution in [-0.2, 0) is 22.3 Å². The number of alkyl halides is 3. The topological polar surface area (TPSA) is 72.5 Å². The third kappa shape index (κ3) is 3.95. The summed E-state index contributed by atoms with van der Waals surface area (Å²) in [4.78, 5) is 10.2. The minimum atomic E-state index is -4.45. The average Bonchev–Trinajstić information content (AvgIpc) is 2.18. The lowest BCUT2D eigenvalue weighted by atomic mass is 10.1. The second-order valence-electron chi connectivity index (χ2n) is 3.30. The lowest BCUT2D eigenvalue weighted by Gasteiger charge is -2.10. The van der Waals surface area contributed by atoms with Gasteiger partial charge in [0.1, 0.15) is 6.61 Å². The van der Waals surface area contributed by atoms with E-state index in [2.05, 4.69) is 0 Å². The Balaban J connectivity index is 2.73. The maximum atomic E-state index is 12.3. The molecule has 1 aromatic carbocycles. The molecule has 0 saturated carbocycles. The molecular formula is C10H10F3NO3. The number of carboxylic acid groups (broad SMARTS) is 1. The molecule has 0 heterocycles. The van der Waals surface area contributed by atoms with Crippen LogP contribution in [0.25, 0.3) is 0 Å². The lowest BCUT2D eigenvalue weighted by Crippen LogP contribution is -2.09. The molecule has 0 aliphatic heterocycles. The summed E-state index contributed by atoms with van der Waals surface area (Å²) in [6.45, 7) is -0.670. The first kappa shape index (κ1) is 13.3. The number of carbonyl (C=O) groups is 1. The Labute approximate surface area is 94.8 Å². The van der Waals surface area contributed by atoms with E-state index in [0.29, 0.717) is 5.56 Å². The summed E-state index contributed by atoms with van der Waals surface area (Å²) in [7, 11) is 0. The standard InChI is InChI=1S/C10H10F3NO3/c11-10(12,13)7-2-1-6(8(14)3-7)4-17-5-9(15)16/h1-3H,4-5,14H2,(H,15,16). The van der Waals surface area contributed by atoms with E-state index in [-0.39, 0.29) is 12.3 Å². The Morgan fingerprint density at radius 3 is 2.53 bits per heavy atom. The molecule has 0 saturated heterocycles. The zero-order valence-corrected chi connectivity index (χ0v) is 8.62. The monoisotopic (exact) mass is 249 g/mol. The molecular weight excluding hydrogens is 239 g/mol.